The van der Waals surface area contributed by atoms with Crippen LogP contribution >= 0.6 is 0 Å². The minimum atomic E-state index is -1.23. The number of hydrogen-bond acceptors (Lipinski definition) is 5. The fourth-order valence-electron chi connectivity index (χ4n) is 6.43. The van der Waals surface area contributed by atoms with E-state index in [0.717, 1.165) is 22.3 Å². The van der Waals surface area contributed by atoms with Crippen molar-refractivity contribution in [3.05, 3.63) is 143 Å². The molecular weight excluding hydrogens is 500 g/mol. The normalized spacial score (nSPS) is 24.5. The molecular formula is C35H32O5. The van der Waals surface area contributed by atoms with Crippen molar-refractivity contribution in [1.29, 1.82) is 0 Å². The van der Waals surface area contributed by atoms with Gasteiger partial charge >= 0.3 is 11.9 Å². The van der Waals surface area contributed by atoms with E-state index in [4.69, 9.17) is 14.2 Å². The molecule has 5 nitrogen and oxygen atoms in total. The number of carbonyl (C=O) groups is 2. The van der Waals surface area contributed by atoms with Crippen LogP contribution in [-0.2, 0) is 25.2 Å². The van der Waals surface area contributed by atoms with Crippen molar-refractivity contribution < 1.29 is 23.8 Å². The quantitative estimate of drug-likeness (QED) is 0.264. The van der Waals surface area contributed by atoms with E-state index in [0.29, 0.717) is 11.1 Å². The fraction of sp³-hybridized carbons (Fsp3) is 0.257. The molecule has 0 aliphatic heterocycles. The van der Waals surface area contributed by atoms with E-state index in [2.05, 4.69) is 19.1 Å². The SMILES string of the molecule is CC(C)(C)OC12c3ccccc3C(C)(c3ccccc31)C(OC(=O)c1ccccc1)C2OC(=O)c1ccccc1. The summed E-state index contributed by atoms with van der Waals surface area (Å²) in [5.74, 6) is -0.990. The lowest BCUT2D eigenvalue weighted by Crippen LogP contribution is -2.69. The van der Waals surface area contributed by atoms with Gasteiger partial charge in [0.2, 0.25) is 0 Å². The van der Waals surface area contributed by atoms with Crippen molar-refractivity contribution in [2.24, 2.45) is 0 Å². The van der Waals surface area contributed by atoms with E-state index < -0.39 is 40.8 Å². The molecule has 7 rings (SSSR count). The third kappa shape index (κ3) is 3.96. The average molecular weight is 533 g/mol. The van der Waals surface area contributed by atoms with Crippen molar-refractivity contribution in [3.8, 4) is 0 Å². The molecule has 2 bridgehead atoms. The summed E-state index contributed by atoms with van der Waals surface area (Å²) in [6.07, 6.45) is -1.85. The van der Waals surface area contributed by atoms with Gasteiger partial charge in [0.25, 0.3) is 0 Å². The molecule has 0 radical (unpaired) electrons. The van der Waals surface area contributed by atoms with Gasteiger partial charge in [-0.3, -0.25) is 0 Å². The van der Waals surface area contributed by atoms with Gasteiger partial charge in [0.1, 0.15) is 0 Å². The Bertz CT molecular complexity index is 1520. The van der Waals surface area contributed by atoms with Crippen molar-refractivity contribution in [1.82, 2.24) is 0 Å². The highest BCUT2D eigenvalue weighted by molar-refractivity contribution is 5.91. The van der Waals surface area contributed by atoms with E-state index >= 15 is 0 Å². The lowest BCUT2D eigenvalue weighted by molar-refractivity contribution is -0.215. The summed E-state index contributed by atoms with van der Waals surface area (Å²) in [4.78, 5) is 27.4. The lowest BCUT2D eigenvalue weighted by atomic mass is 9.51. The Kier molecular flexibility index (Phi) is 6.15. The zero-order chi connectivity index (χ0) is 28.1. The molecule has 0 heterocycles. The van der Waals surface area contributed by atoms with E-state index in [1.807, 2.05) is 69.3 Å². The third-order valence-corrected chi connectivity index (χ3v) is 7.97. The highest BCUT2D eigenvalue weighted by atomic mass is 16.6. The summed E-state index contributed by atoms with van der Waals surface area (Å²) in [5.41, 5.74) is 1.93. The van der Waals surface area contributed by atoms with Crippen LogP contribution in [0.1, 0.15) is 70.7 Å². The maximum Gasteiger partial charge on any atom is 0.338 e. The Morgan fingerprint density at radius 1 is 0.575 bits per heavy atom. The van der Waals surface area contributed by atoms with E-state index in [1.165, 1.54) is 0 Å². The standard InChI is InChI=1S/C35H32O5/c1-33(2,3)40-35-27-21-13-11-19-25(27)34(4,26-20-12-14-22-28(26)35)29(38-31(36)23-15-7-5-8-16-23)30(35)39-32(37)24-17-9-6-10-18-24/h5-22,29-30H,1-4H3. The molecule has 3 aliphatic carbocycles. The Labute approximate surface area is 234 Å². The van der Waals surface area contributed by atoms with Crippen LogP contribution in [0.2, 0.25) is 0 Å². The molecule has 0 fully saturated rings. The van der Waals surface area contributed by atoms with Crippen molar-refractivity contribution >= 4 is 11.9 Å². The van der Waals surface area contributed by atoms with Gasteiger partial charge in [0.15, 0.2) is 17.8 Å². The highest BCUT2D eigenvalue weighted by Gasteiger charge is 2.69. The summed E-state index contributed by atoms with van der Waals surface area (Å²) in [5, 5.41) is 0. The zero-order valence-electron chi connectivity index (χ0n) is 23.1. The largest absolute Gasteiger partial charge is 0.453 e. The maximum atomic E-state index is 13.7. The third-order valence-electron chi connectivity index (χ3n) is 7.97. The van der Waals surface area contributed by atoms with Gasteiger partial charge in [0, 0.05) is 0 Å². The minimum Gasteiger partial charge on any atom is -0.453 e. The van der Waals surface area contributed by atoms with Crippen LogP contribution in [0.15, 0.2) is 109 Å². The second-order valence-electron chi connectivity index (χ2n) is 11.6. The van der Waals surface area contributed by atoms with Crippen LogP contribution in [0.3, 0.4) is 0 Å². The highest BCUT2D eigenvalue weighted by Crippen LogP contribution is 2.62. The topological polar surface area (TPSA) is 61.8 Å². The fourth-order valence-corrected chi connectivity index (χ4v) is 6.43. The van der Waals surface area contributed by atoms with Crippen LogP contribution < -0.4 is 0 Å². The molecule has 0 spiro atoms. The molecule has 3 aliphatic rings. The van der Waals surface area contributed by atoms with Gasteiger partial charge in [-0.05, 0) is 74.2 Å². The van der Waals surface area contributed by atoms with Crippen molar-refractivity contribution in [2.75, 3.05) is 0 Å². The monoisotopic (exact) mass is 532 g/mol. The minimum absolute atomic E-state index is 0.412. The van der Waals surface area contributed by atoms with E-state index in [9.17, 15) is 9.59 Å². The predicted octanol–water partition coefficient (Wildman–Crippen LogP) is 6.83. The van der Waals surface area contributed by atoms with Crippen molar-refractivity contribution in [2.45, 2.75) is 56.5 Å². The number of ether oxygens (including phenoxy) is 3. The molecule has 5 heteroatoms. The van der Waals surface area contributed by atoms with Gasteiger partial charge in [-0.15, -0.1) is 0 Å². The Hall–Kier alpha value is -4.22. The lowest BCUT2D eigenvalue weighted by Gasteiger charge is -2.61. The van der Waals surface area contributed by atoms with Gasteiger partial charge in [-0.1, -0.05) is 84.9 Å². The molecule has 0 amide bonds. The molecule has 2 unspecified atom stereocenters. The van der Waals surface area contributed by atoms with Crippen LogP contribution in [0.4, 0.5) is 0 Å². The molecule has 0 aromatic heterocycles. The van der Waals surface area contributed by atoms with Crippen LogP contribution in [0.25, 0.3) is 0 Å². The molecule has 40 heavy (non-hydrogen) atoms. The molecule has 0 N–H and O–H groups in total. The number of rotatable bonds is 5. The number of esters is 2. The van der Waals surface area contributed by atoms with Crippen LogP contribution in [-0.4, -0.2) is 29.7 Å². The number of hydrogen-bond donors (Lipinski definition) is 0. The molecule has 2 atom stereocenters. The molecule has 0 saturated carbocycles. The summed E-state index contributed by atoms with van der Waals surface area (Å²) in [7, 11) is 0. The van der Waals surface area contributed by atoms with Crippen molar-refractivity contribution in [3.63, 3.8) is 0 Å². The van der Waals surface area contributed by atoms with Gasteiger partial charge in [0.05, 0.1) is 22.1 Å². The smallest absolute Gasteiger partial charge is 0.338 e. The first-order valence-corrected chi connectivity index (χ1v) is 13.6. The van der Waals surface area contributed by atoms with E-state index in [1.54, 1.807) is 48.5 Å². The number of carbonyl (C=O) groups excluding carboxylic acids is 2. The zero-order valence-corrected chi connectivity index (χ0v) is 23.1. The Morgan fingerprint density at radius 2 is 0.950 bits per heavy atom. The Morgan fingerprint density at radius 3 is 1.38 bits per heavy atom. The molecule has 202 valence electrons. The summed E-state index contributed by atoms with van der Waals surface area (Å²) in [6.45, 7) is 8.01. The summed E-state index contributed by atoms with van der Waals surface area (Å²) >= 11 is 0. The molecule has 4 aromatic carbocycles. The number of benzene rings is 4. The second-order valence-corrected chi connectivity index (χ2v) is 11.6. The van der Waals surface area contributed by atoms with Gasteiger partial charge in [-0.2, -0.15) is 0 Å². The molecule has 0 saturated heterocycles. The van der Waals surface area contributed by atoms with Gasteiger partial charge in [-0.25, -0.2) is 9.59 Å². The first-order valence-electron chi connectivity index (χ1n) is 13.6. The Balaban J connectivity index is 1.61. The van der Waals surface area contributed by atoms with Crippen LogP contribution in [0.5, 0.6) is 0 Å². The maximum absolute atomic E-state index is 13.7. The first kappa shape index (κ1) is 26.0. The van der Waals surface area contributed by atoms with E-state index in [-0.39, 0.29) is 0 Å². The first-order chi connectivity index (χ1) is 19.2. The summed E-state index contributed by atoms with van der Waals surface area (Å²) in [6, 6.07) is 33.9. The summed E-state index contributed by atoms with van der Waals surface area (Å²) < 4.78 is 19.9. The number of fused-ring (bicyclic) bond motifs is 1. The predicted molar refractivity (Wildman–Crippen MR) is 152 cm³/mol. The van der Waals surface area contributed by atoms with Gasteiger partial charge < -0.3 is 14.2 Å². The molecule has 4 aromatic rings. The average Bonchev–Trinajstić information content (AvgIpc) is 2.96. The second kappa shape index (κ2) is 9.46. The van der Waals surface area contributed by atoms with Crippen LogP contribution in [0, 0.1) is 0 Å².